The van der Waals surface area contributed by atoms with Crippen LogP contribution in [0.3, 0.4) is 0 Å². The van der Waals surface area contributed by atoms with Crippen LogP contribution >= 0.6 is 22.6 Å². The van der Waals surface area contributed by atoms with E-state index in [0.29, 0.717) is 17.5 Å². The van der Waals surface area contributed by atoms with Gasteiger partial charge in [-0.05, 0) is 11.1 Å². The molecule has 1 aromatic carbocycles. The second-order valence-corrected chi connectivity index (χ2v) is 3.70. The summed E-state index contributed by atoms with van der Waals surface area (Å²) in [5, 5.41) is 2.81. The number of carbonyl (C=O) groups is 1. The van der Waals surface area contributed by atoms with Crippen LogP contribution in [0.4, 0.5) is 0 Å². The first-order valence-electron chi connectivity index (χ1n) is 4.37. The Morgan fingerprint density at radius 2 is 2.14 bits per heavy atom. The molecule has 76 valence electrons. The Bertz CT molecular complexity index is 315. The second-order valence-electron chi connectivity index (χ2n) is 2.93. The van der Waals surface area contributed by atoms with Gasteiger partial charge in [0.05, 0.1) is 4.43 Å². The van der Waals surface area contributed by atoms with Crippen molar-refractivity contribution in [1.82, 2.24) is 5.32 Å². The van der Waals surface area contributed by atoms with Gasteiger partial charge in [0.15, 0.2) is 0 Å². The largest absolute Gasteiger partial charge is 0.351 e. The third kappa shape index (κ3) is 3.63. The molecule has 0 spiro atoms. The molecule has 0 aliphatic heterocycles. The zero-order valence-electron chi connectivity index (χ0n) is 7.79. The first kappa shape index (κ1) is 11.5. The highest BCUT2D eigenvalue weighted by Crippen LogP contribution is 2.04. The lowest BCUT2D eigenvalue weighted by molar-refractivity contribution is -0.118. The predicted molar refractivity (Wildman–Crippen MR) is 65.1 cm³/mol. The number of hydrogen-bond acceptors (Lipinski definition) is 2. The molecule has 0 unspecified atom stereocenters. The summed E-state index contributed by atoms with van der Waals surface area (Å²) in [4.78, 5) is 11.0. The van der Waals surface area contributed by atoms with Crippen molar-refractivity contribution in [3.05, 3.63) is 35.4 Å². The number of nitrogens with two attached hydrogens (primary N) is 1. The highest BCUT2D eigenvalue weighted by molar-refractivity contribution is 14.1. The van der Waals surface area contributed by atoms with E-state index in [-0.39, 0.29) is 5.91 Å². The van der Waals surface area contributed by atoms with Crippen molar-refractivity contribution in [1.29, 1.82) is 0 Å². The molecule has 3 N–H and O–H groups in total. The molecule has 0 aliphatic carbocycles. The van der Waals surface area contributed by atoms with Crippen molar-refractivity contribution in [2.75, 3.05) is 4.43 Å². The average Bonchev–Trinajstić information content (AvgIpc) is 2.26. The average molecular weight is 304 g/mol. The van der Waals surface area contributed by atoms with E-state index < -0.39 is 0 Å². The Hall–Kier alpha value is -0.620. The summed E-state index contributed by atoms with van der Waals surface area (Å²) in [5.74, 6) is 0.0590. The summed E-state index contributed by atoms with van der Waals surface area (Å²) >= 11 is 2.04. The normalized spacial score (nSPS) is 9.86. The van der Waals surface area contributed by atoms with Gasteiger partial charge in [-0.25, -0.2) is 0 Å². The van der Waals surface area contributed by atoms with Crippen LogP contribution in [0.2, 0.25) is 0 Å². The lowest BCUT2D eigenvalue weighted by Crippen LogP contribution is -2.23. The van der Waals surface area contributed by atoms with E-state index >= 15 is 0 Å². The minimum Gasteiger partial charge on any atom is -0.351 e. The Kier molecular flexibility index (Phi) is 4.89. The van der Waals surface area contributed by atoms with Gasteiger partial charge in [0.25, 0.3) is 0 Å². The van der Waals surface area contributed by atoms with Crippen molar-refractivity contribution in [2.24, 2.45) is 5.73 Å². The number of amides is 1. The van der Waals surface area contributed by atoms with Gasteiger partial charge in [-0.3, -0.25) is 4.79 Å². The standard InChI is InChI=1S/C10H13IN2O/c11-5-10(14)13-7-9-3-1-2-8(4-9)6-12/h1-4H,5-7,12H2,(H,13,14). The van der Waals surface area contributed by atoms with Crippen molar-refractivity contribution >= 4 is 28.5 Å². The van der Waals surface area contributed by atoms with E-state index in [4.69, 9.17) is 5.73 Å². The molecule has 0 atom stereocenters. The molecular formula is C10H13IN2O. The molecule has 4 heteroatoms. The van der Waals surface area contributed by atoms with Gasteiger partial charge in [-0.1, -0.05) is 46.9 Å². The summed E-state index contributed by atoms with van der Waals surface area (Å²) in [7, 11) is 0. The van der Waals surface area contributed by atoms with Gasteiger partial charge in [-0.2, -0.15) is 0 Å². The van der Waals surface area contributed by atoms with Crippen molar-refractivity contribution < 1.29 is 4.79 Å². The molecule has 0 aliphatic rings. The highest BCUT2D eigenvalue weighted by atomic mass is 127. The van der Waals surface area contributed by atoms with Gasteiger partial charge in [-0.15, -0.1) is 0 Å². The fourth-order valence-corrected chi connectivity index (χ4v) is 1.38. The van der Waals surface area contributed by atoms with Crippen LogP contribution in [0.15, 0.2) is 24.3 Å². The Labute approximate surface area is 97.2 Å². The Morgan fingerprint density at radius 3 is 2.79 bits per heavy atom. The van der Waals surface area contributed by atoms with E-state index in [0.717, 1.165) is 11.1 Å². The molecular weight excluding hydrogens is 291 g/mol. The van der Waals surface area contributed by atoms with E-state index in [1.807, 2.05) is 46.9 Å². The number of carbonyl (C=O) groups excluding carboxylic acids is 1. The molecule has 0 radical (unpaired) electrons. The van der Waals surface area contributed by atoms with Crippen LogP contribution in [-0.2, 0) is 17.9 Å². The third-order valence-electron chi connectivity index (χ3n) is 1.84. The number of halogens is 1. The monoisotopic (exact) mass is 304 g/mol. The van der Waals surface area contributed by atoms with Gasteiger partial charge >= 0.3 is 0 Å². The summed E-state index contributed by atoms with van der Waals surface area (Å²) in [6, 6.07) is 7.91. The predicted octanol–water partition coefficient (Wildman–Crippen LogP) is 1.20. The van der Waals surface area contributed by atoms with Crippen LogP contribution in [0.1, 0.15) is 11.1 Å². The van der Waals surface area contributed by atoms with E-state index in [9.17, 15) is 4.79 Å². The SMILES string of the molecule is NCc1cccc(CNC(=O)CI)c1. The molecule has 0 aromatic heterocycles. The van der Waals surface area contributed by atoms with Crippen molar-refractivity contribution in [3.63, 3.8) is 0 Å². The fourth-order valence-electron chi connectivity index (χ4n) is 1.11. The number of nitrogens with one attached hydrogen (secondary N) is 1. The fraction of sp³-hybridized carbons (Fsp3) is 0.300. The summed E-state index contributed by atoms with van der Waals surface area (Å²) in [5.41, 5.74) is 7.69. The molecule has 0 fully saturated rings. The minimum atomic E-state index is 0.0590. The maximum atomic E-state index is 11.0. The van der Waals surface area contributed by atoms with Gasteiger partial charge < -0.3 is 11.1 Å². The summed E-state index contributed by atoms with van der Waals surface area (Å²) < 4.78 is 0.494. The summed E-state index contributed by atoms with van der Waals surface area (Å²) in [6.07, 6.45) is 0. The van der Waals surface area contributed by atoms with Gasteiger partial charge in [0.1, 0.15) is 0 Å². The molecule has 14 heavy (non-hydrogen) atoms. The molecule has 0 heterocycles. The molecule has 1 amide bonds. The maximum Gasteiger partial charge on any atom is 0.230 e. The van der Waals surface area contributed by atoms with Crippen LogP contribution in [0, 0.1) is 0 Å². The topological polar surface area (TPSA) is 55.1 Å². The molecule has 1 rings (SSSR count). The molecule has 0 bridgehead atoms. The first-order valence-corrected chi connectivity index (χ1v) is 5.89. The Morgan fingerprint density at radius 1 is 1.43 bits per heavy atom. The molecule has 1 aromatic rings. The van der Waals surface area contributed by atoms with Crippen molar-refractivity contribution in [2.45, 2.75) is 13.1 Å². The second kappa shape index (κ2) is 5.98. The van der Waals surface area contributed by atoms with Gasteiger partial charge in [0.2, 0.25) is 5.91 Å². The maximum absolute atomic E-state index is 11.0. The first-order chi connectivity index (χ1) is 6.76. The van der Waals surface area contributed by atoms with Gasteiger partial charge in [0, 0.05) is 13.1 Å². The van der Waals surface area contributed by atoms with E-state index in [2.05, 4.69) is 5.32 Å². The quantitative estimate of drug-likeness (QED) is 0.649. The van der Waals surface area contributed by atoms with E-state index in [1.54, 1.807) is 0 Å². The number of hydrogen-bond donors (Lipinski definition) is 2. The molecule has 3 nitrogen and oxygen atoms in total. The van der Waals surface area contributed by atoms with Crippen molar-refractivity contribution in [3.8, 4) is 0 Å². The van der Waals surface area contributed by atoms with E-state index in [1.165, 1.54) is 0 Å². The zero-order valence-corrected chi connectivity index (χ0v) is 9.95. The number of rotatable bonds is 4. The zero-order chi connectivity index (χ0) is 10.4. The van der Waals surface area contributed by atoms with Crippen LogP contribution in [0.5, 0.6) is 0 Å². The lowest BCUT2D eigenvalue weighted by Gasteiger charge is -2.04. The number of benzene rings is 1. The minimum absolute atomic E-state index is 0.0590. The molecule has 0 saturated heterocycles. The van der Waals surface area contributed by atoms with Crippen LogP contribution < -0.4 is 11.1 Å². The summed E-state index contributed by atoms with van der Waals surface area (Å²) in [6.45, 7) is 1.11. The van der Waals surface area contributed by atoms with Crippen LogP contribution in [0.25, 0.3) is 0 Å². The highest BCUT2D eigenvalue weighted by Gasteiger charge is 1.98. The lowest BCUT2D eigenvalue weighted by atomic mass is 10.1. The number of alkyl halides is 1. The Balaban J connectivity index is 2.54. The van der Waals surface area contributed by atoms with Crippen LogP contribution in [-0.4, -0.2) is 10.3 Å². The molecule has 0 saturated carbocycles. The third-order valence-corrected chi connectivity index (χ3v) is 2.53. The smallest absolute Gasteiger partial charge is 0.230 e.